The topological polar surface area (TPSA) is 51.0 Å². The number of hydrogen-bond donors (Lipinski definition) is 1. The van der Waals surface area contributed by atoms with Gasteiger partial charge in [-0.3, -0.25) is 0 Å². The summed E-state index contributed by atoms with van der Waals surface area (Å²) in [6, 6.07) is 14.1. The lowest BCUT2D eigenvalue weighted by atomic mass is 10.2. The Bertz CT molecular complexity index is 663. The first kappa shape index (κ1) is 12.3. The summed E-state index contributed by atoms with van der Waals surface area (Å²) in [6.45, 7) is 0.639. The number of nitrogens with one attached hydrogen (secondary N) is 1. The minimum Gasteiger partial charge on any atom is -0.423 e. The van der Waals surface area contributed by atoms with Crippen LogP contribution in [0.3, 0.4) is 0 Å². The first-order valence-electron chi connectivity index (χ1n) is 6.16. The van der Waals surface area contributed by atoms with Gasteiger partial charge in [-0.05, 0) is 42.0 Å². The molecule has 1 heterocycles. The maximum absolute atomic E-state index is 12.8. The van der Waals surface area contributed by atoms with E-state index in [1.807, 2.05) is 24.3 Å². The largest absolute Gasteiger partial charge is 0.423 e. The molecular formula is C15H12FN3O. The highest BCUT2D eigenvalue weighted by molar-refractivity contribution is 5.58. The van der Waals surface area contributed by atoms with Gasteiger partial charge in [-0.15, -0.1) is 10.2 Å². The van der Waals surface area contributed by atoms with Crippen molar-refractivity contribution in [2.75, 3.05) is 5.32 Å². The molecule has 2 aromatic carbocycles. The summed E-state index contributed by atoms with van der Waals surface area (Å²) in [5.41, 5.74) is 2.86. The highest BCUT2D eigenvalue weighted by atomic mass is 19.1. The van der Waals surface area contributed by atoms with E-state index in [2.05, 4.69) is 15.5 Å². The predicted molar refractivity (Wildman–Crippen MR) is 73.5 cm³/mol. The van der Waals surface area contributed by atoms with Crippen LogP contribution in [0.2, 0.25) is 0 Å². The fraction of sp³-hybridized carbons (Fsp3) is 0.0667. The molecule has 3 aromatic rings. The van der Waals surface area contributed by atoms with Crippen LogP contribution < -0.4 is 5.32 Å². The van der Waals surface area contributed by atoms with Crippen molar-refractivity contribution >= 4 is 5.69 Å². The van der Waals surface area contributed by atoms with Gasteiger partial charge in [0.1, 0.15) is 5.82 Å². The Morgan fingerprint density at radius 3 is 2.40 bits per heavy atom. The molecule has 0 spiro atoms. The van der Waals surface area contributed by atoms with Crippen molar-refractivity contribution < 1.29 is 8.81 Å². The molecule has 20 heavy (non-hydrogen) atoms. The Balaban J connectivity index is 1.65. The Kier molecular flexibility index (Phi) is 3.41. The van der Waals surface area contributed by atoms with E-state index < -0.39 is 0 Å². The Labute approximate surface area is 115 Å². The van der Waals surface area contributed by atoms with Gasteiger partial charge in [0.25, 0.3) is 0 Å². The summed E-state index contributed by atoms with van der Waals surface area (Å²) < 4.78 is 17.9. The summed E-state index contributed by atoms with van der Waals surface area (Å²) in [5.74, 6) is 0.271. The van der Waals surface area contributed by atoms with Crippen LogP contribution in [0, 0.1) is 5.82 Å². The second-order valence-corrected chi connectivity index (χ2v) is 4.30. The van der Waals surface area contributed by atoms with Gasteiger partial charge in [0, 0.05) is 17.8 Å². The number of halogens is 1. The highest BCUT2D eigenvalue weighted by Crippen LogP contribution is 2.19. The van der Waals surface area contributed by atoms with Crippen LogP contribution >= 0.6 is 0 Å². The van der Waals surface area contributed by atoms with Gasteiger partial charge in [0.15, 0.2) is 0 Å². The third-order valence-corrected chi connectivity index (χ3v) is 2.90. The monoisotopic (exact) mass is 269 g/mol. The molecule has 0 bridgehead atoms. The minimum atomic E-state index is -0.224. The van der Waals surface area contributed by atoms with E-state index in [-0.39, 0.29) is 5.82 Å². The molecule has 0 aliphatic carbocycles. The molecule has 0 saturated heterocycles. The second-order valence-electron chi connectivity index (χ2n) is 4.30. The number of hydrogen-bond acceptors (Lipinski definition) is 4. The van der Waals surface area contributed by atoms with Gasteiger partial charge >= 0.3 is 0 Å². The molecule has 1 N–H and O–H groups in total. The Hall–Kier alpha value is -2.69. The van der Waals surface area contributed by atoms with Crippen molar-refractivity contribution in [1.82, 2.24) is 10.2 Å². The molecule has 0 amide bonds. The van der Waals surface area contributed by atoms with E-state index in [4.69, 9.17) is 4.42 Å². The molecule has 0 aliphatic heterocycles. The lowest BCUT2D eigenvalue weighted by Gasteiger charge is -2.06. The van der Waals surface area contributed by atoms with Gasteiger partial charge in [-0.2, -0.15) is 0 Å². The van der Waals surface area contributed by atoms with Gasteiger partial charge in [-0.1, -0.05) is 12.1 Å². The van der Waals surface area contributed by atoms with Crippen LogP contribution in [0.25, 0.3) is 11.5 Å². The zero-order valence-corrected chi connectivity index (χ0v) is 10.6. The lowest BCUT2D eigenvalue weighted by molar-refractivity contribution is 0.568. The number of nitrogens with zero attached hydrogens (tertiary/aromatic N) is 2. The molecule has 0 aliphatic rings. The summed E-state index contributed by atoms with van der Waals surface area (Å²) in [4.78, 5) is 0. The summed E-state index contributed by atoms with van der Waals surface area (Å²) in [7, 11) is 0. The Morgan fingerprint density at radius 1 is 1.00 bits per heavy atom. The first-order valence-corrected chi connectivity index (χ1v) is 6.16. The number of benzene rings is 2. The standard InChI is InChI=1S/C15H12FN3O/c16-13-5-1-11(2-6-13)9-17-14-7-3-12(4-8-14)15-19-18-10-20-15/h1-8,10,17H,9H2. The van der Waals surface area contributed by atoms with E-state index in [0.717, 1.165) is 16.8 Å². The van der Waals surface area contributed by atoms with Gasteiger partial charge in [0.05, 0.1) is 0 Å². The number of anilines is 1. The van der Waals surface area contributed by atoms with Crippen LogP contribution in [0.1, 0.15) is 5.56 Å². The SMILES string of the molecule is Fc1ccc(CNc2ccc(-c3nnco3)cc2)cc1. The minimum absolute atomic E-state index is 0.224. The quantitative estimate of drug-likeness (QED) is 0.787. The molecule has 4 nitrogen and oxygen atoms in total. The van der Waals surface area contributed by atoms with Crippen molar-refractivity contribution in [3.8, 4) is 11.5 Å². The van der Waals surface area contributed by atoms with Crippen molar-refractivity contribution in [3.05, 3.63) is 66.3 Å². The zero-order valence-electron chi connectivity index (χ0n) is 10.6. The van der Waals surface area contributed by atoms with Crippen LogP contribution in [-0.2, 0) is 6.54 Å². The van der Waals surface area contributed by atoms with Crippen LogP contribution in [0.15, 0.2) is 59.3 Å². The van der Waals surface area contributed by atoms with E-state index in [1.54, 1.807) is 12.1 Å². The molecule has 0 fully saturated rings. The summed E-state index contributed by atoms with van der Waals surface area (Å²) in [6.07, 6.45) is 1.30. The molecule has 0 saturated carbocycles. The molecule has 1 aromatic heterocycles. The fourth-order valence-corrected chi connectivity index (χ4v) is 1.84. The van der Waals surface area contributed by atoms with E-state index >= 15 is 0 Å². The average molecular weight is 269 g/mol. The highest BCUT2D eigenvalue weighted by Gasteiger charge is 2.02. The average Bonchev–Trinajstić information content (AvgIpc) is 3.01. The molecule has 3 rings (SSSR count). The lowest BCUT2D eigenvalue weighted by Crippen LogP contribution is -1.99. The molecule has 0 unspecified atom stereocenters. The number of aromatic nitrogens is 2. The smallest absolute Gasteiger partial charge is 0.247 e. The van der Waals surface area contributed by atoms with E-state index in [9.17, 15) is 4.39 Å². The van der Waals surface area contributed by atoms with Crippen molar-refractivity contribution in [1.29, 1.82) is 0 Å². The van der Waals surface area contributed by atoms with Crippen molar-refractivity contribution in [2.45, 2.75) is 6.54 Å². The molecule has 0 atom stereocenters. The molecular weight excluding hydrogens is 257 g/mol. The maximum Gasteiger partial charge on any atom is 0.247 e. The Morgan fingerprint density at radius 2 is 1.75 bits per heavy atom. The van der Waals surface area contributed by atoms with Gasteiger partial charge in [0.2, 0.25) is 12.3 Å². The summed E-state index contributed by atoms with van der Waals surface area (Å²) >= 11 is 0. The van der Waals surface area contributed by atoms with Crippen LogP contribution in [-0.4, -0.2) is 10.2 Å². The maximum atomic E-state index is 12.8. The van der Waals surface area contributed by atoms with E-state index in [0.29, 0.717) is 12.4 Å². The molecule has 0 radical (unpaired) electrons. The third kappa shape index (κ3) is 2.83. The fourth-order valence-electron chi connectivity index (χ4n) is 1.84. The zero-order chi connectivity index (χ0) is 13.8. The molecule has 5 heteroatoms. The molecule has 100 valence electrons. The van der Waals surface area contributed by atoms with Crippen molar-refractivity contribution in [3.63, 3.8) is 0 Å². The van der Waals surface area contributed by atoms with Crippen molar-refractivity contribution in [2.24, 2.45) is 0 Å². The third-order valence-electron chi connectivity index (χ3n) is 2.90. The second kappa shape index (κ2) is 5.52. The first-order chi connectivity index (χ1) is 9.81. The summed E-state index contributed by atoms with van der Waals surface area (Å²) in [5, 5.41) is 10.8. The predicted octanol–water partition coefficient (Wildman–Crippen LogP) is 3.49. The van der Waals surface area contributed by atoms with Crippen LogP contribution in [0.5, 0.6) is 0 Å². The van der Waals surface area contributed by atoms with Gasteiger partial charge < -0.3 is 9.73 Å². The van der Waals surface area contributed by atoms with E-state index in [1.165, 1.54) is 18.5 Å². The van der Waals surface area contributed by atoms with Crippen LogP contribution in [0.4, 0.5) is 10.1 Å². The normalized spacial score (nSPS) is 10.4. The number of rotatable bonds is 4. The van der Waals surface area contributed by atoms with Gasteiger partial charge in [-0.25, -0.2) is 4.39 Å².